The van der Waals surface area contributed by atoms with Gasteiger partial charge in [-0.2, -0.15) is 0 Å². The van der Waals surface area contributed by atoms with Crippen LogP contribution < -0.4 is 0 Å². The Morgan fingerprint density at radius 2 is 1.78 bits per heavy atom. The first kappa shape index (κ1) is 10.6. The third kappa shape index (κ3) is 51.8. The minimum atomic E-state index is 0.312. The SMILES string of the molecule is C=COC=O.COC=O. The summed E-state index contributed by atoms with van der Waals surface area (Å²) in [5, 5.41) is 0. The molecular formula is C5H8O4. The Labute approximate surface area is 53.1 Å². The topological polar surface area (TPSA) is 52.6 Å². The van der Waals surface area contributed by atoms with Crippen LogP contribution in [-0.2, 0) is 19.1 Å². The Bertz CT molecular complexity index is 73.0. The van der Waals surface area contributed by atoms with Crippen molar-refractivity contribution in [3.8, 4) is 0 Å². The quantitative estimate of drug-likeness (QED) is 0.403. The minimum absolute atomic E-state index is 0.312. The first-order valence-electron chi connectivity index (χ1n) is 2.00. The molecule has 0 unspecified atom stereocenters. The predicted molar refractivity (Wildman–Crippen MR) is 30.4 cm³/mol. The zero-order valence-electron chi connectivity index (χ0n) is 5.07. The molecule has 0 atom stereocenters. The van der Waals surface area contributed by atoms with Crippen LogP contribution in [0.4, 0.5) is 0 Å². The monoisotopic (exact) mass is 132 g/mol. The molecule has 4 nitrogen and oxygen atoms in total. The Hall–Kier alpha value is -1.32. The van der Waals surface area contributed by atoms with Crippen LogP contribution in [0.3, 0.4) is 0 Å². The molecule has 0 aromatic carbocycles. The molecular weight excluding hydrogens is 124 g/mol. The molecule has 0 N–H and O–H groups in total. The van der Waals surface area contributed by atoms with Crippen molar-refractivity contribution < 1.29 is 19.1 Å². The number of carbonyl (C=O) groups excluding carboxylic acids is 2. The molecule has 52 valence electrons. The lowest BCUT2D eigenvalue weighted by Gasteiger charge is -1.71. The van der Waals surface area contributed by atoms with E-state index in [9.17, 15) is 0 Å². The Balaban J connectivity index is 0. The third-order valence-corrected chi connectivity index (χ3v) is 0.248. The lowest BCUT2D eigenvalue weighted by atomic mass is 11.1. The van der Waals surface area contributed by atoms with E-state index in [0.29, 0.717) is 12.9 Å². The Kier molecular flexibility index (Phi) is 18.8. The highest BCUT2D eigenvalue weighted by Crippen LogP contribution is 1.55. The van der Waals surface area contributed by atoms with Crippen LogP contribution in [0.25, 0.3) is 0 Å². The summed E-state index contributed by atoms with van der Waals surface area (Å²) in [7, 11) is 1.31. The molecule has 0 rings (SSSR count). The first-order chi connectivity index (χ1) is 4.33. The second-order valence-corrected chi connectivity index (χ2v) is 0.731. The van der Waals surface area contributed by atoms with Gasteiger partial charge in [0, 0.05) is 0 Å². The summed E-state index contributed by atoms with van der Waals surface area (Å²) in [6, 6.07) is 0. The van der Waals surface area contributed by atoms with Crippen LogP contribution in [0, 0.1) is 0 Å². The molecule has 9 heavy (non-hydrogen) atoms. The van der Waals surface area contributed by atoms with E-state index in [1.807, 2.05) is 0 Å². The smallest absolute Gasteiger partial charge is 0.297 e. The van der Waals surface area contributed by atoms with Crippen LogP contribution >= 0.6 is 0 Å². The van der Waals surface area contributed by atoms with Crippen molar-refractivity contribution in [1.29, 1.82) is 0 Å². The number of hydrogen-bond donors (Lipinski definition) is 0. The molecule has 0 radical (unpaired) electrons. The van der Waals surface area contributed by atoms with E-state index in [4.69, 9.17) is 9.59 Å². The maximum atomic E-state index is 9.11. The van der Waals surface area contributed by atoms with E-state index >= 15 is 0 Å². The number of rotatable bonds is 3. The third-order valence-electron chi connectivity index (χ3n) is 0.248. The fourth-order valence-corrected chi connectivity index (χ4v) is 0.0393. The van der Waals surface area contributed by atoms with Crippen molar-refractivity contribution in [2.24, 2.45) is 0 Å². The molecule has 0 bridgehead atoms. The number of hydrogen-bond acceptors (Lipinski definition) is 4. The van der Waals surface area contributed by atoms with E-state index in [1.54, 1.807) is 0 Å². The molecule has 0 fully saturated rings. The van der Waals surface area contributed by atoms with Crippen molar-refractivity contribution in [2.75, 3.05) is 7.11 Å². The van der Waals surface area contributed by atoms with Crippen molar-refractivity contribution in [3.05, 3.63) is 12.8 Å². The molecule has 0 spiro atoms. The van der Waals surface area contributed by atoms with Crippen LogP contribution in [0.1, 0.15) is 0 Å². The lowest BCUT2D eigenvalue weighted by molar-refractivity contribution is -0.126. The summed E-state index contributed by atoms with van der Waals surface area (Å²) in [5.74, 6) is 0. The van der Waals surface area contributed by atoms with Gasteiger partial charge < -0.3 is 9.47 Å². The van der Waals surface area contributed by atoms with Gasteiger partial charge in [-0.3, -0.25) is 9.59 Å². The number of methoxy groups -OCH3 is 1. The van der Waals surface area contributed by atoms with Gasteiger partial charge >= 0.3 is 0 Å². The highest BCUT2D eigenvalue weighted by Gasteiger charge is 1.52. The molecule has 0 saturated carbocycles. The van der Waals surface area contributed by atoms with Gasteiger partial charge in [0.1, 0.15) is 0 Å². The minimum Gasteiger partial charge on any atom is -0.471 e. The summed E-state index contributed by atoms with van der Waals surface area (Å²) < 4.78 is 7.78. The molecule has 0 aromatic rings. The van der Waals surface area contributed by atoms with Crippen molar-refractivity contribution in [3.63, 3.8) is 0 Å². The van der Waals surface area contributed by atoms with Gasteiger partial charge in [-0.1, -0.05) is 6.58 Å². The van der Waals surface area contributed by atoms with Gasteiger partial charge in [-0.15, -0.1) is 0 Å². The molecule has 0 heterocycles. The lowest BCUT2D eigenvalue weighted by Crippen LogP contribution is -1.68. The average Bonchev–Trinajstić information content (AvgIpc) is 1.91. The van der Waals surface area contributed by atoms with Gasteiger partial charge in [0.15, 0.2) is 0 Å². The average molecular weight is 132 g/mol. The zero-order chi connectivity index (χ0) is 7.54. The van der Waals surface area contributed by atoms with Gasteiger partial charge in [0.05, 0.1) is 13.4 Å². The fourth-order valence-electron chi connectivity index (χ4n) is 0.0393. The highest BCUT2D eigenvalue weighted by atomic mass is 16.5. The zero-order valence-corrected chi connectivity index (χ0v) is 5.07. The largest absolute Gasteiger partial charge is 0.471 e. The molecule has 0 amide bonds. The molecule has 0 aliphatic carbocycles. The summed E-state index contributed by atoms with van der Waals surface area (Å²) in [6.45, 7) is 3.78. The van der Waals surface area contributed by atoms with Gasteiger partial charge in [-0.25, -0.2) is 0 Å². The normalized spacial score (nSPS) is 5.44. The Morgan fingerprint density at radius 1 is 1.33 bits per heavy atom. The van der Waals surface area contributed by atoms with Gasteiger partial charge in [0.25, 0.3) is 12.9 Å². The van der Waals surface area contributed by atoms with Crippen LogP contribution in [0.15, 0.2) is 12.8 Å². The second kappa shape index (κ2) is 15.9. The van der Waals surface area contributed by atoms with E-state index < -0.39 is 0 Å². The van der Waals surface area contributed by atoms with Crippen LogP contribution in [0.2, 0.25) is 0 Å². The molecule has 4 heteroatoms. The van der Waals surface area contributed by atoms with E-state index in [-0.39, 0.29) is 0 Å². The maximum absolute atomic E-state index is 9.11. The number of ether oxygens (including phenoxy) is 2. The summed E-state index contributed by atoms with van der Waals surface area (Å²) in [5.41, 5.74) is 0. The van der Waals surface area contributed by atoms with Crippen LogP contribution in [-0.4, -0.2) is 20.1 Å². The molecule has 0 aliphatic rings. The van der Waals surface area contributed by atoms with Crippen molar-refractivity contribution >= 4 is 12.9 Å². The summed E-state index contributed by atoms with van der Waals surface area (Å²) in [6.07, 6.45) is 1.06. The molecule has 0 saturated heterocycles. The standard InChI is InChI=1S/C3H4O2.C2H4O2/c1-2-5-3-4;1-4-2-3/h2-3H,1H2;2H,1H3. The highest BCUT2D eigenvalue weighted by molar-refractivity contribution is 5.37. The van der Waals surface area contributed by atoms with E-state index in [2.05, 4.69) is 16.1 Å². The second-order valence-electron chi connectivity index (χ2n) is 0.731. The van der Waals surface area contributed by atoms with Gasteiger partial charge in [-0.05, 0) is 0 Å². The summed E-state index contributed by atoms with van der Waals surface area (Å²) >= 11 is 0. The van der Waals surface area contributed by atoms with E-state index in [0.717, 1.165) is 6.26 Å². The van der Waals surface area contributed by atoms with Crippen LogP contribution in [0.5, 0.6) is 0 Å². The maximum Gasteiger partial charge on any atom is 0.297 e. The predicted octanol–water partition coefficient (Wildman–Crippen LogP) is 0.0921. The van der Waals surface area contributed by atoms with Crippen molar-refractivity contribution in [1.82, 2.24) is 0 Å². The van der Waals surface area contributed by atoms with Crippen molar-refractivity contribution in [2.45, 2.75) is 0 Å². The summed E-state index contributed by atoms with van der Waals surface area (Å²) in [4.78, 5) is 18.1. The Morgan fingerprint density at radius 3 is 1.78 bits per heavy atom. The number of carbonyl (C=O) groups is 2. The first-order valence-corrected chi connectivity index (χ1v) is 2.00. The van der Waals surface area contributed by atoms with E-state index in [1.165, 1.54) is 7.11 Å². The molecule has 0 aliphatic heterocycles. The van der Waals surface area contributed by atoms with Gasteiger partial charge in [0.2, 0.25) is 0 Å². The molecule has 0 aromatic heterocycles. The fraction of sp³-hybridized carbons (Fsp3) is 0.200.